The lowest BCUT2D eigenvalue weighted by molar-refractivity contribution is 0.0698. The van der Waals surface area contributed by atoms with Gasteiger partial charge in [0.1, 0.15) is 5.82 Å². The third kappa shape index (κ3) is 3.08. The second-order valence-corrected chi connectivity index (χ2v) is 3.79. The number of carbonyl (C=O) groups excluding carboxylic acids is 1. The minimum atomic E-state index is -1.20. The van der Waals surface area contributed by atoms with Crippen molar-refractivity contribution in [1.82, 2.24) is 4.98 Å². The predicted molar refractivity (Wildman–Crippen MR) is 70.2 cm³/mol. The van der Waals surface area contributed by atoms with Crippen LogP contribution < -0.4 is 10.6 Å². The topological polar surface area (TPSA) is 91.3 Å². The van der Waals surface area contributed by atoms with Crippen molar-refractivity contribution in [3.8, 4) is 0 Å². The highest BCUT2D eigenvalue weighted by Crippen LogP contribution is 2.15. The van der Waals surface area contributed by atoms with Gasteiger partial charge in [-0.15, -0.1) is 0 Å². The Balaban J connectivity index is 2.13. The molecule has 0 fully saturated rings. The van der Waals surface area contributed by atoms with E-state index in [4.69, 9.17) is 5.11 Å². The molecule has 0 bridgehead atoms. The molecule has 6 nitrogen and oxygen atoms in total. The van der Waals surface area contributed by atoms with E-state index in [1.807, 2.05) is 0 Å². The number of hydrogen-bond donors (Lipinski definition) is 3. The molecule has 3 N–H and O–H groups in total. The van der Waals surface area contributed by atoms with Gasteiger partial charge in [-0.2, -0.15) is 0 Å². The van der Waals surface area contributed by atoms with Crippen LogP contribution >= 0.6 is 0 Å². The summed E-state index contributed by atoms with van der Waals surface area (Å²) in [5.41, 5.74) is -0.0942. The Hall–Kier alpha value is -2.96. The summed E-state index contributed by atoms with van der Waals surface area (Å²) in [5.74, 6) is -1.79. The van der Waals surface area contributed by atoms with Crippen LogP contribution in [0.1, 0.15) is 10.4 Å². The van der Waals surface area contributed by atoms with Crippen LogP contribution in [0, 0.1) is 5.82 Å². The number of halogens is 1. The molecule has 0 aliphatic rings. The van der Waals surface area contributed by atoms with E-state index in [2.05, 4.69) is 15.6 Å². The summed E-state index contributed by atoms with van der Waals surface area (Å²) >= 11 is 0. The molecule has 0 unspecified atom stereocenters. The van der Waals surface area contributed by atoms with Gasteiger partial charge < -0.3 is 15.7 Å². The normalized spacial score (nSPS) is 9.85. The van der Waals surface area contributed by atoms with E-state index in [1.54, 1.807) is 6.07 Å². The first kappa shape index (κ1) is 13.5. The number of carboxylic acid groups (broad SMARTS) is 1. The molecule has 1 aromatic heterocycles. The van der Waals surface area contributed by atoms with Crippen molar-refractivity contribution in [2.24, 2.45) is 0 Å². The number of carboxylic acids is 1. The number of aromatic carboxylic acids is 1. The van der Waals surface area contributed by atoms with Gasteiger partial charge in [0.05, 0.1) is 23.1 Å². The number of rotatable bonds is 3. The number of pyridine rings is 1. The number of nitrogens with zero attached hydrogens (tertiary/aromatic N) is 1. The molecule has 0 aliphatic heterocycles. The number of anilines is 2. The molecule has 0 radical (unpaired) electrons. The first-order chi connectivity index (χ1) is 9.58. The number of para-hydroxylation sites is 1. The first-order valence-electron chi connectivity index (χ1n) is 5.58. The van der Waals surface area contributed by atoms with Gasteiger partial charge in [-0.1, -0.05) is 12.1 Å². The van der Waals surface area contributed by atoms with E-state index in [-0.39, 0.29) is 16.9 Å². The highest BCUT2D eigenvalue weighted by Gasteiger charge is 2.13. The van der Waals surface area contributed by atoms with Gasteiger partial charge in [-0.3, -0.25) is 4.98 Å². The van der Waals surface area contributed by atoms with E-state index < -0.39 is 17.8 Å². The Kier molecular flexibility index (Phi) is 3.90. The average molecular weight is 275 g/mol. The van der Waals surface area contributed by atoms with Crippen LogP contribution in [-0.2, 0) is 0 Å². The zero-order valence-electron chi connectivity index (χ0n) is 10.1. The minimum absolute atomic E-state index is 0.00855. The molecule has 102 valence electrons. The predicted octanol–water partition coefficient (Wildman–Crippen LogP) is 2.56. The molecule has 0 aliphatic carbocycles. The fourth-order valence-electron chi connectivity index (χ4n) is 1.52. The van der Waals surface area contributed by atoms with E-state index >= 15 is 0 Å². The molecule has 0 spiro atoms. The van der Waals surface area contributed by atoms with Crippen LogP contribution in [0.5, 0.6) is 0 Å². The van der Waals surface area contributed by atoms with Crippen LogP contribution in [0.25, 0.3) is 0 Å². The van der Waals surface area contributed by atoms with Crippen molar-refractivity contribution < 1.29 is 19.1 Å². The van der Waals surface area contributed by atoms with Crippen LogP contribution in [-0.4, -0.2) is 22.1 Å². The number of nitrogens with one attached hydrogen (secondary N) is 2. The lowest BCUT2D eigenvalue weighted by Gasteiger charge is -2.09. The maximum Gasteiger partial charge on any atom is 0.337 e. The van der Waals surface area contributed by atoms with Gasteiger partial charge >= 0.3 is 12.0 Å². The second-order valence-electron chi connectivity index (χ2n) is 3.79. The van der Waals surface area contributed by atoms with Gasteiger partial charge in [0, 0.05) is 6.20 Å². The summed E-state index contributed by atoms with van der Waals surface area (Å²) < 4.78 is 13.3. The van der Waals surface area contributed by atoms with Crippen molar-refractivity contribution >= 4 is 23.4 Å². The number of benzene rings is 1. The molecular formula is C13H10FN3O3. The molecule has 1 heterocycles. The Labute approximate surface area is 113 Å². The Morgan fingerprint density at radius 1 is 1.10 bits per heavy atom. The van der Waals surface area contributed by atoms with E-state index in [0.29, 0.717) is 0 Å². The van der Waals surface area contributed by atoms with Crippen LogP contribution in [0.3, 0.4) is 0 Å². The van der Waals surface area contributed by atoms with Gasteiger partial charge in [-0.25, -0.2) is 14.0 Å². The zero-order chi connectivity index (χ0) is 14.5. The maximum absolute atomic E-state index is 13.3. The molecular weight excluding hydrogens is 265 g/mol. The van der Waals surface area contributed by atoms with Crippen molar-refractivity contribution in [1.29, 1.82) is 0 Å². The highest BCUT2D eigenvalue weighted by atomic mass is 19.1. The Morgan fingerprint density at radius 2 is 1.80 bits per heavy atom. The van der Waals surface area contributed by atoms with E-state index in [9.17, 15) is 14.0 Å². The van der Waals surface area contributed by atoms with Gasteiger partial charge in [-0.05, 0) is 18.2 Å². The van der Waals surface area contributed by atoms with Crippen molar-refractivity contribution in [3.63, 3.8) is 0 Å². The number of aromatic nitrogens is 1. The van der Waals surface area contributed by atoms with Crippen molar-refractivity contribution in [2.45, 2.75) is 0 Å². The summed E-state index contributed by atoms with van der Waals surface area (Å²) in [5, 5.41) is 13.5. The number of amides is 2. The zero-order valence-corrected chi connectivity index (χ0v) is 10.1. The standard InChI is InChI=1S/C13H10FN3O3/c14-9-3-1-2-4-10(9)16-13(20)17-11-7-15-6-5-8(11)12(18)19/h1-7H,(H,18,19)(H2,16,17,20). The molecule has 0 atom stereocenters. The third-order valence-corrected chi connectivity index (χ3v) is 2.42. The van der Waals surface area contributed by atoms with Gasteiger partial charge in [0.2, 0.25) is 0 Å². The second kappa shape index (κ2) is 5.79. The fraction of sp³-hybridized carbons (Fsp3) is 0. The fourth-order valence-corrected chi connectivity index (χ4v) is 1.52. The molecule has 0 saturated heterocycles. The van der Waals surface area contributed by atoms with Gasteiger partial charge in [0.25, 0.3) is 0 Å². The van der Waals surface area contributed by atoms with Crippen LogP contribution in [0.4, 0.5) is 20.6 Å². The largest absolute Gasteiger partial charge is 0.478 e. The Morgan fingerprint density at radius 3 is 2.50 bits per heavy atom. The van der Waals surface area contributed by atoms with E-state index in [0.717, 1.165) is 0 Å². The number of hydrogen-bond acceptors (Lipinski definition) is 3. The van der Waals surface area contributed by atoms with Gasteiger partial charge in [0.15, 0.2) is 0 Å². The summed E-state index contributed by atoms with van der Waals surface area (Å²) in [6.07, 6.45) is 2.49. The maximum atomic E-state index is 13.3. The van der Waals surface area contributed by atoms with Crippen LogP contribution in [0.2, 0.25) is 0 Å². The van der Waals surface area contributed by atoms with E-state index in [1.165, 1.54) is 36.7 Å². The minimum Gasteiger partial charge on any atom is -0.478 e. The molecule has 7 heteroatoms. The lowest BCUT2D eigenvalue weighted by atomic mass is 10.2. The highest BCUT2D eigenvalue weighted by molar-refractivity contribution is 6.04. The summed E-state index contributed by atoms with van der Waals surface area (Å²) in [6, 6.07) is 6.12. The SMILES string of the molecule is O=C(Nc1ccccc1F)Nc1cnccc1C(=O)O. The molecule has 0 saturated carbocycles. The smallest absolute Gasteiger partial charge is 0.337 e. The molecule has 1 aromatic carbocycles. The summed E-state index contributed by atoms with van der Waals surface area (Å²) in [6.45, 7) is 0. The molecule has 2 rings (SSSR count). The quantitative estimate of drug-likeness (QED) is 0.802. The number of carbonyl (C=O) groups is 2. The van der Waals surface area contributed by atoms with Crippen LogP contribution in [0.15, 0.2) is 42.7 Å². The molecule has 2 aromatic rings. The molecule has 20 heavy (non-hydrogen) atoms. The molecule has 2 amide bonds. The summed E-state index contributed by atoms with van der Waals surface area (Å²) in [4.78, 5) is 26.4. The number of urea groups is 1. The summed E-state index contributed by atoms with van der Waals surface area (Å²) in [7, 11) is 0. The average Bonchev–Trinajstić information content (AvgIpc) is 2.41. The monoisotopic (exact) mass is 275 g/mol. The third-order valence-electron chi connectivity index (χ3n) is 2.42. The lowest BCUT2D eigenvalue weighted by Crippen LogP contribution is -2.21. The van der Waals surface area contributed by atoms with Crippen molar-refractivity contribution in [2.75, 3.05) is 10.6 Å². The Bertz CT molecular complexity index is 661. The van der Waals surface area contributed by atoms with Crippen molar-refractivity contribution in [3.05, 3.63) is 54.1 Å². The first-order valence-corrected chi connectivity index (χ1v) is 5.58.